The predicted octanol–water partition coefficient (Wildman–Crippen LogP) is -0.288. The van der Waals surface area contributed by atoms with E-state index in [0.717, 1.165) is 0 Å². The van der Waals surface area contributed by atoms with Crippen LogP contribution in [0.25, 0.3) is 0 Å². The van der Waals surface area contributed by atoms with Gasteiger partial charge in [0, 0.05) is 6.54 Å². The van der Waals surface area contributed by atoms with Gasteiger partial charge in [-0.3, -0.25) is 9.59 Å². The van der Waals surface area contributed by atoms with Gasteiger partial charge in [-0.05, 0) is 18.2 Å². The minimum Gasteiger partial charge on any atom is -0.368 e. The van der Waals surface area contributed by atoms with Crippen LogP contribution < -0.4 is 21.7 Å². The lowest BCUT2D eigenvalue weighted by Gasteiger charge is -2.25. The molecule has 0 saturated carbocycles. The Morgan fingerprint density at radius 2 is 1.85 bits per heavy atom. The van der Waals surface area contributed by atoms with Crippen LogP contribution in [-0.2, 0) is 16.1 Å². The first-order valence-corrected chi connectivity index (χ1v) is 6.25. The second-order valence-electron chi connectivity index (χ2n) is 4.32. The van der Waals surface area contributed by atoms with Crippen molar-refractivity contribution in [3.8, 4) is 0 Å². The number of anilines is 1. The smallest absolute Gasteiger partial charge is 0.236 e. The molecule has 0 atom stereocenters. The van der Waals surface area contributed by atoms with Crippen LogP contribution >= 0.6 is 0 Å². The van der Waals surface area contributed by atoms with Crippen molar-refractivity contribution in [2.45, 2.75) is 13.5 Å². The number of primary amides is 2. The van der Waals surface area contributed by atoms with Gasteiger partial charge in [-0.1, -0.05) is 19.1 Å². The van der Waals surface area contributed by atoms with Crippen LogP contribution in [0.3, 0.4) is 0 Å². The van der Waals surface area contributed by atoms with Gasteiger partial charge >= 0.3 is 0 Å². The van der Waals surface area contributed by atoms with Crippen LogP contribution in [0.2, 0.25) is 0 Å². The quantitative estimate of drug-likeness (QED) is 0.610. The Balaban J connectivity index is 3.15. The summed E-state index contributed by atoms with van der Waals surface area (Å²) in [4.78, 5) is 23.4. The van der Waals surface area contributed by atoms with Crippen LogP contribution in [0.15, 0.2) is 18.2 Å². The first kappa shape index (κ1) is 15.9. The number of rotatable bonds is 8. The lowest BCUT2D eigenvalue weighted by molar-refractivity contribution is -0.117. The molecule has 0 aliphatic rings. The second kappa shape index (κ2) is 7.44. The molecule has 2 amide bonds. The number of halogens is 1. The maximum atomic E-state index is 14.1. The number of nitrogens with zero attached hydrogens (tertiary/aromatic N) is 1. The van der Waals surface area contributed by atoms with E-state index < -0.39 is 17.6 Å². The van der Waals surface area contributed by atoms with Gasteiger partial charge in [0.25, 0.3) is 0 Å². The van der Waals surface area contributed by atoms with Crippen molar-refractivity contribution in [1.82, 2.24) is 5.32 Å². The zero-order chi connectivity index (χ0) is 15.1. The highest BCUT2D eigenvalue weighted by Crippen LogP contribution is 2.24. The third kappa shape index (κ3) is 4.51. The molecule has 1 aromatic rings. The molecule has 0 aliphatic carbocycles. The van der Waals surface area contributed by atoms with Gasteiger partial charge < -0.3 is 21.7 Å². The van der Waals surface area contributed by atoms with Crippen molar-refractivity contribution in [1.29, 1.82) is 0 Å². The molecule has 110 valence electrons. The molecule has 0 aromatic heterocycles. The van der Waals surface area contributed by atoms with Crippen LogP contribution in [0, 0.1) is 5.82 Å². The fraction of sp³-hybridized carbons (Fsp3) is 0.385. The predicted molar refractivity (Wildman–Crippen MR) is 74.4 cm³/mol. The van der Waals surface area contributed by atoms with Gasteiger partial charge in [-0.15, -0.1) is 0 Å². The van der Waals surface area contributed by atoms with Crippen LogP contribution in [0.1, 0.15) is 12.5 Å². The summed E-state index contributed by atoms with van der Waals surface area (Å²) in [5.74, 6) is -1.85. The zero-order valence-electron chi connectivity index (χ0n) is 11.4. The highest BCUT2D eigenvalue weighted by Gasteiger charge is 2.19. The van der Waals surface area contributed by atoms with Crippen molar-refractivity contribution in [2.24, 2.45) is 11.5 Å². The summed E-state index contributed by atoms with van der Waals surface area (Å²) in [6, 6.07) is 4.55. The minimum atomic E-state index is -0.663. The molecule has 0 spiro atoms. The minimum absolute atomic E-state index is 0.172. The van der Waals surface area contributed by atoms with Crippen molar-refractivity contribution in [2.75, 3.05) is 24.5 Å². The highest BCUT2D eigenvalue weighted by molar-refractivity contribution is 5.85. The molecule has 0 heterocycles. The summed E-state index contributed by atoms with van der Waals surface area (Å²) in [6.45, 7) is 2.49. The Labute approximate surface area is 116 Å². The summed E-state index contributed by atoms with van der Waals surface area (Å²) in [5, 5.41) is 3.07. The molecule has 0 bridgehead atoms. The number of hydrogen-bond donors (Lipinski definition) is 3. The summed E-state index contributed by atoms with van der Waals surface area (Å²) < 4.78 is 14.1. The van der Waals surface area contributed by atoms with Crippen molar-refractivity contribution in [3.63, 3.8) is 0 Å². The van der Waals surface area contributed by atoms with E-state index in [0.29, 0.717) is 18.7 Å². The van der Waals surface area contributed by atoms with E-state index in [-0.39, 0.29) is 18.8 Å². The molecule has 0 aliphatic heterocycles. The maximum absolute atomic E-state index is 14.1. The molecule has 0 fully saturated rings. The van der Waals surface area contributed by atoms with Gasteiger partial charge in [0.15, 0.2) is 0 Å². The number of amides is 2. The SMILES string of the molecule is CCNCc1cccc(F)c1N(CC(N)=O)CC(N)=O. The van der Waals surface area contributed by atoms with E-state index in [1.54, 1.807) is 12.1 Å². The first-order valence-electron chi connectivity index (χ1n) is 6.25. The summed E-state index contributed by atoms with van der Waals surface area (Å²) in [5.41, 5.74) is 11.1. The number of benzene rings is 1. The highest BCUT2D eigenvalue weighted by atomic mass is 19.1. The van der Waals surface area contributed by atoms with Gasteiger partial charge in [0.05, 0.1) is 18.8 Å². The maximum Gasteiger partial charge on any atom is 0.236 e. The Bertz CT molecular complexity index is 477. The number of hydrogen-bond acceptors (Lipinski definition) is 4. The average molecular weight is 282 g/mol. The lowest BCUT2D eigenvalue weighted by Crippen LogP contribution is -2.40. The number of carbonyl (C=O) groups excluding carboxylic acids is 2. The molecule has 6 nitrogen and oxygen atoms in total. The molecule has 7 heteroatoms. The van der Waals surface area contributed by atoms with Gasteiger partial charge in [-0.2, -0.15) is 0 Å². The van der Waals surface area contributed by atoms with Gasteiger partial charge in [-0.25, -0.2) is 4.39 Å². The summed E-state index contributed by atoms with van der Waals surface area (Å²) in [6.07, 6.45) is 0. The normalized spacial score (nSPS) is 10.3. The van der Waals surface area contributed by atoms with Crippen LogP contribution in [-0.4, -0.2) is 31.4 Å². The van der Waals surface area contributed by atoms with Crippen molar-refractivity contribution >= 4 is 17.5 Å². The fourth-order valence-corrected chi connectivity index (χ4v) is 1.91. The number of nitrogens with one attached hydrogen (secondary N) is 1. The average Bonchev–Trinajstić information content (AvgIpc) is 2.34. The molecule has 20 heavy (non-hydrogen) atoms. The Morgan fingerprint density at radius 3 is 2.35 bits per heavy atom. The zero-order valence-corrected chi connectivity index (χ0v) is 11.4. The Hall–Kier alpha value is -2.15. The third-order valence-electron chi connectivity index (χ3n) is 2.65. The van der Waals surface area contributed by atoms with Gasteiger partial charge in [0.1, 0.15) is 5.82 Å². The molecule has 0 unspecified atom stereocenters. The number of nitrogens with two attached hydrogens (primary N) is 2. The van der Waals surface area contributed by atoms with E-state index in [9.17, 15) is 14.0 Å². The Kier molecular flexibility index (Phi) is 5.92. The number of carbonyl (C=O) groups is 2. The summed E-state index contributed by atoms with van der Waals surface area (Å²) >= 11 is 0. The van der Waals surface area contributed by atoms with E-state index in [1.807, 2.05) is 6.92 Å². The van der Waals surface area contributed by atoms with Crippen LogP contribution in [0.4, 0.5) is 10.1 Å². The standard InChI is InChI=1S/C13H19FN4O2/c1-2-17-6-9-4-3-5-10(14)13(9)18(7-11(15)19)8-12(16)20/h3-5,17H,2,6-8H2,1H3,(H2,15,19)(H2,16,20). The topological polar surface area (TPSA) is 101 Å². The lowest BCUT2D eigenvalue weighted by atomic mass is 10.1. The monoisotopic (exact) mass is 282 g/mol. The molecule has 1 rings (SSSR count). The molecular weight excluding hydrogens is 263 g/mol. The number of para-hydroxylation sites is 1. The molecular formula is C13H19FN4O2. The third-order valence-corrected chi connectivity index (χ3v) is 2.65. The molecule has 0 saturated heterocycles. The second-order valence-corrected chi connectivity index (χ2v) is 4.32. The molecule has 1 aromatic carbocycles. The van der Waals surface area contributed by atoms with Crippen molar-refractivity contribution < 1.29 is 14.0 Å². The van der Waals surface area contributed by atoms with Crippen molar-refractivity contribution in [3.05, 3.63) is 29.6 Å². The van der Waals surface area contributed by atoms with Crippen LogP contribution in [0.5, 0.6) is 0 Å². The fourth-order valence-electron chi connectivity index (χ4n) is 1.91. The Morgan fingerprint density at radius 1 is 1.25 bits per heavy atom. The summed E-state index contributed by atoms with van der Waals surface area (Å²) in [7, 11) is 0. The molecule has 5 N–H and O–H groups in total. The van der Waals surface area contributed by atoms with E-state index in [4.69, 9.17) is 11.5 Å². The largest absolute Gasteiger partial charge is 0.368 e. The van der Waals surface area contributed by atoms with E-state index >= 15 is 0 Å². The first-order chi connectivity index (χ1) is 9.45. The van der Waals surface area contributed by atoms with E-state index in [1.165, 1.54) is 11.0 Å². The van der Waals surface area contributed by atoms with Gasteiger partial charge in [0.2, 0.25) is 11.8 Å². The van der Waals surface area contributed by atoms with E-state index in [2.05, 4.69) is 5.32 Å². The molecule has 0 radical (unpaired) electrons.